The Morgan fingerprint density at radius 3 is 2.46 bits per heavy atom. The number of carbonyl (C=O) groups is 1. The maximum Gasteiger partial charge on any atom is 0.410 e. The van der Waals surface area contributed by atoms with E-state index in [0.717, 1.165) is 67.8 Å². The molecule has 0 unspecified atom stereocenters. The van der Waals surface area contributed by atoms with Crippen LogP contribution in [0.15, 0.2) is 36.9 Å². The van der Waals surface area contributed by atoms with Gasteiger partial charge in [0.15, 0.2) is 5.82 Å². The van der Waals surface area contributed by atoms with Crippen molar-refractivity contribution in [2.75, 3.05) is 31.1 Å². The number of aliphatic hydroxyl groups excluding tert-OH is 1. The highest BCUT2D eigenvalue weighted by Crippen LogP contribution is 2.42. The molecule has 0 bridgehead atoms. The third-order valence-electron chi connectivity index (χ3n) is 6.99. The van der Waals surface area contributed by atoms with Crippen LogP contribution in [0.3, 0.4) is 0 Å². The minimum Gasteiger partial charge on any atom is -0.444 e. The van der Waals surface area contributed by atoms with Gasteiger partial charge in [0.2, 0.25) is 0 Å². The average molecular weight is 477 g/mol. The number of carbonyl (C=O) groups excluding carboxylic acids is 1. The average Bonchev–Trinajstić information content (AvgIpc) is 3.26. The van der Waals surface area contributed by atoms with E-state index in [4.69, 9.17) is 14.7 Å². The first-order valence-electron chi connectivity index (χ1n) is 12.2. The van der Waals surface area contributed by atoms with Crippen molar-refractivity contribution < 1.29 is 14.6 Å². The molecule has 0 radical (unpaired) electrons. The largest absolute Gasteiger partial charge is 0.444 e. The Bertz CT molecular complexity index is 1220. The molecule has 0 aromatic carbocycles. The zero-order valence-corrected chi connectivity index (χ0v) is 20.6. The molecule has 3 aromatic rings. The van der Waals surface area contributed by atoms with Gasteiger partial charge in [0.1, 0.15) is 11.4 Å². The van der Waals surface area contributed by atoms with E-state index in [9.17, 15) is 9.90 Å². The van der Waals surface area contributed by atoms with E-state index in [1.807, 2.05) is 37.8 Å². The second kappa shape index (κ2) is 9.03. The lowest BCUT2D eigenvalue weighted by Gasteiger charge is -2.40. The van der Waals surface area contributed by atoms with Gasteiger partial charge in [0.05, 0.1) is 23.7 Å². The number of fused-ring (bicyclic) bond motifs is 1. The number of pyridine rings is 2. The lowest BCUT2D eigenvalue weighted by atomic mass is 9.77. The van der Waals surface area contributed by atoms with Crippen molar-refractivity contribution in [2.24, 2.45) is 5.41 Å². The zero-order valence-electron chi connectivity index (χ0n) is 20.6. The maximum absolute atomic E-state index is 12.6. The number of likely N-dealkylation sites (tertiary alicyclic amines) is 1. The van der Waals surface area contributed by atoms with Gasteiger partial charge in [-0.1, -0.05) is 0 Å². The molecule has 2 aliphatic heterocycles. The topological polar surface area (TPSA) is 105 Å². The predicted molar refractivity (Wildman–Crippen MR) is 133 cm³/mol. The van der Waals surface area contributed by atoms with E-state index >= 15 is 0 Å². The Morgan fingerprint density at radius 1 is 1.06 bits per heavy atom. The van der Waals surface area contributed by atoms with Gasteiger partial charge in [-0.05, 0) is 57.6 Å². The molecular weight excluding hydrogens is 444 g/mol. The van der Waals surface area contributed by atoms with Gasteiger partial charge in [0.25, 0.3) is 0 Å². The number of anilines is 1. The summed E-state index contributed by atoms with van der Waals surface area (Å²) >= 11 is 0. The fourth-order valence-electron chi connectivity index (χ4n) is 5.13. The van der Waals surface area contributed by atoms with Crippen LogP contribution >= 0.6 is 0 Å². The van der Waals surface area contributed by atoms with E-state index in [1.165, 1.54) is 0 Å². The minimum atomic E-state index is -0.490. The van der Waals surface area contributed by atoms with Crippen LogP contribution in [-0.4, -0.2) is 67.8 Å². The molecule has 3 aromatic heterocycles. The third kappa shape index (κ3) is 4.77. The first-order chi connectivity index (χ1) is 16.8. The van der Waals surface area contributed by atoms with E-state index in [2.05, 4.69) is 14.9 Å². The summed E-state index contributed by atoms with van der Waals surface area (Å²) in [5, 5.41) is 10.8. The quantitative estimate of drug-likeness (QED) is 0.609. The normalized spacial score (nSPS) is 17.8. The fourth-order valence-corrected chi connectivity index (χ4v) is 5.13. The Morgan fingerprint density at radius 2 is 1.77 bits per heavy atom. The van der Waals surface area contributed by atoms with Gasteiger partial charge in [0, 0.05) is 55.9 Å². The molecular formula is C26H32N6O3. The molecule has 0 atom stereocenters. The molecule has 2 fully saturated rings. The molecule has 184 valence electrons. The van der Waals surface area contributed by atoms with Crippen LogP contribution in [-0.2, 0) is 11.3 Å². The minimum absolute atomic E-state index is 0.103. The molecule has 0 aliphatic carbocycles. The van der Waals surface area contributed by atoms with E-state index in [1.54, 1.807) is 24.8 Å². The SMILES string of the molecule is CC(C)(C)OC(=O)N1CCC2(CCN(c3nc(-c4ccncc4)nc4cncc(CO)c34)CC2)C1. The predicted octanol–water partition coefficient (Wildman–Crippen LogP) is 3.81. The summed E-state index contributed by atoms with van der Waals surface area (Å²) in [6, 6.07) is 3.78. The number of aliphatic hydroxyl groups is 1. The summed E-state index contributed by atoms with van der Waals surface area (Å²) in [5.41, 5.74) is 1.93. The van der Waals surface area contributed by atoms with Gasteiger partial charge in [-0.25, -0.2) is 14.8 Å². The molecule has 1 N–H and O–H groups in total. The van der Waals surface area contributed by atoms with Gasteiger partial charge in [-0.2, -0.15) is 0 Å². The second-order valence-electron chi connectivity index (χ2n) is 10.6. The lowest BCUT2D eigenvalue weighted by molar-refractivity contribution is 0.0266. The zero-order chi connectivity index (χ0) is 24.6. The molecule has 35 heavy (non-hydrogen) atoms. The van der Waals surface area contributed by atoms with E-state index < -0.39 is 5.60 Å². The lowest BCUT2D eigenvalue weighted by Crippen LogP contribution is -2.43. The number of amides is 1. The molecule has 9 heteroatoms. The van der Waals surface area contributed by atoms with Crippen molar-refractivity contribution >= 4 is 22.8 Å². The molecule has 5 heterocycles. The molecule has 0 saturated carbocycles. The molecule has 2 saturated heterocycles. The molecule has 2 aliphatic rings. The highest BCUT2D eigenvalue weighted by Gasteiger charge is 2.43. The monoisotopic (exact) mass is 476 g/mol. The summed E-state index contributed by atoms with van der Waals surface area (Å²) in [7, 11) is 0. The smallest absolute Gasteiger partial charge is 0.410 e. The Kier molecular flexibility index (Phi) is 6.04. The van der Waals surface area contributed by atoms with Crippen molar-refractivity contribution in [3.63, 3.8) is 0 Å². The summed E-state index contributed by atoms with van der Waals surface area (Å²) in [5.74, 6) is 1.44. The Hall–Kier alpha value is -3.33. The van der Waals surface area contributed by atoms with Crippen molar-refractivity contribution in [1.82, 2.24) is 24.8 Å². The van der Waals surface area contributed by atoms with Crippen LogP contribution in [0.2, 0.25) is 0 Å². The third-order valence-corrected chi connectivity index (χ3v) is 6.99. The maximum atomic E-state index is 12.6. The van der Waals surface area contributed by atoms with Crippen LogP contribution in [0.4, 0.5) is 10.6 Å². The van der Waals surface area contributed by atoms with E-state index in [0.29, 0.717) is 11.3 Å². The summed E-state index contributed by atoms with van der Waals surface area (Å²) in [6.45, 7) is 8.67. The number of nitrogens with zero attached hydrogens (tertiary/aromatic N) is 6. The number of rotatable bonds is 3. The van der Waals surface area contributed by atoms with Crippen LogP contribution < -0.4 is 4.90 Å². The molecule has 1 spiro atoms. The van der Waals surface area contributed by atoms with Crippen LogP contribution in [0.25, 0.3) is 22.3 Å². The highest BCUT2D eigenvalue weighted by atomic mass is 16.6. The molecule has 1 amide bonds. The number of piperidine rings is 1. The summed E-state index contributed by atoms with van der Waals surface area (Å²) in [4.78, 5) is 34.8. The van der Waals surface area contributed by atoms with Crippen LogP contribution in [0, 0.1) is 5.41 Å². The van der Waals surface area contributed by atoms with Crippen LogP contribution in [0.5, 0.6) is 0 Å². The van der Waals surface area contributed by atoms with Crippen molar-refractivity contribution in [3.8, 4) is 11.4 Å². The van der Waals surface area contributed by atoms with Gasteiger partial charge in [-0.3, -0.25) is 9.97 Å². The molecule has 9 nitrogen and oxygen atoms in total. The van der Waals surface area contributed by atoms with Crippen molar-refractivity contribution in [1.29, 1.82) is 0 Å². The fraction of sp³-hybridized carbons (Fsp3) is 0.500. The van der Waals surface area contributed by atoms with Gasteiger partial charge < -0.3 is 19.6 Å². The second-order valence-corrected chi connectivity index (χ2v) is 10.6. The number of hydrogen-bond acceptors (Lipinski definition) is 8. The number of hydrogen-bond donors (Lipinski definition) is 1. The summed E-state index contributed by atoms with van der Waals surface area (Å²) < 4.78 is 5.60. The number of ether oxygens (including phenoxy) is 1. The Balaban J connectivity index is 1.41. The highest BCUT2D eigenvalue weighted by molar-refractivity contribution is 5.93. The van der Waals surface area contributed by atoms with Crippen molar-refractivity contribution in [2.45, 2.75) is 52.2 Å². The standard InChI is InChI=1S/C26H32N6O3/c1-25(2,3)35-24(34)32-13-8-26(17-32)6-11-31(12-7-26)23-21-19(16-33)14-28-15-20(21)29-22(30-23)18-4-9-27-10-5-18/h4-5,9-10,14-15,33H,6-8,11-13,16-17H2,1-3H3. The van der Waals surface area contributed by atoms with E-state index in [-0.39, 0.29) is 18.1 Å². The Labute approximate surface area is 205 Å². The number of aromatic nitrogens is 4. The molecule has 5 rings (SSSR count). The summed E-state index contributed by atoms with van der Waals surface area (Å²) in [6.07, 6.45) is 9.55. The van der Waals surface area contributed by atoms with Gasteiger partial charge >= 0.3 is 6.09 Å². The first-order valence-corrected chi connectivity index (χ1v) is 12.2. The van der Waals surface area contributed by atoms with Crippen LogP contribution in [0.1, 0.15) is 45.6 Å². The first kappa shape index (κ1) is 23.4. The van der Waals surface area contributed by atoms with Gasteiger partial charge in [-0.15, -0.1) is 0 Å². The van der Waals surface area contributed by atoms with Crippen molar-refractivity contribution in [3.05, 3.63) is 42.5 Å².